The normalized spacial score (nSPS) is 33.9. The molecule has 1 unspecified atom stereocenters. The number of nitrogens with two attached hydrogens (primary N) is 1. The van der Waals surface area contributed by atoms with Gasteiger partial charge in [0.15, 0.2) is 0 Å². The second kappa shape index (κ2) is 5.87. The number of likely N-dealkylation sites (tertiary alicyclic amines) is 1. The van der Waals surface area contributed by atoms with Crippen LogP contribution in [0.4, 0.5) is 0 Å². The van der Waals surface area contributed by atoms with E-state index in [-0.39, 0.29) is 18.4 Å². The maximum atomic E-state index is 12.0. The first-order chi connectivity index (χ1) is 7.18. The molecule has 0 aromatic rings. The van der Waals surface area contributed by atoms with Crippen molar-refractivity contribution in [2.24, 2.45) is 11.7 Å². The van der Waals surface area contributed by atoms with Crippen molar-refractivity contribution >= 4 is 18.3 Å². The van der Waals surface area contributed by atoms with Gasteiger partial charge in [-0.3, -0.25) is 4.79 Å². The summed E-state index contributed by atoms with van der Waals surface area (Å²) in [5, 5.41) is 0. The molecule has 1 aliphatic heterocycles. The Morgan fingerprint density at radius 2 is 2.06 bits per heavy atom. The van der Waals surface area contributed by atoms with Gasteiger partial charge in [-0.15, -0.1) is 12.4 Å². The average Bonchev–Trinajstić information content (AvgIpc) is 2.76. The SMILES string of the molecule is CC1CCCN1C(=O)C[C@@H]1CCC[C@H]1N.Cl. The second-order valence-electron chi connectivity index (χ2n) is 5.14. The van der Waals surface area contributed by atoms with Crippen molar-refractivity contribution in [3.05, 3.63) is 0 Å². The second-order valence-corrected chi connectivity index (χ2v) is 5.14. The minimum Gasteiger partial charge on any atom is -0.340 e. The lowest BCUT2D eigenvalue weighted by Gasteiger charge is -2.24. The summed E-state index contributed by atoms with van der Waals surface area (Å²) in [5.41, 5.74) is 5.99. The number of carbonyl (C=O) groups is 1. The zero-order chi connectivity index (χ0) is 10.8. The van der Waals surface area contributed by atoms with Gasteiger partial charge in [-0.2, -0.15) is 0 Å². The Bertz CT molecular complexity index is 247. The molecule has 2 rings (SSSR count). The Balaban J connectivity index is 0.00000128. The Morgan fingerprint density at radius 1 is 1.31 bits per heavy atom. The fourth-order valence-electron chi connectivity index (χ4n) is 2.96. The maximum Gasteiger partial charge on any atom is 0.223 e. The number of halogens is 1. The molecule has 1 amide bonds. The predicted molar refractivity (Wildman–Crippen MR) is 67.6 cm³/mol. The van der Waals surface area contributed by atoms with Crippen molar-refractivity contribution < 1.29 is 4.79 Å². The quantitative estimate of drug-likeness (QED) is 0.810. The van der Waals surface area contributed by atoms with E-state index < -0.39 is 0 Å². The summed E-state index contributed by atoms with van der Waals surface area (Å²) in [4.78, 5) is 14.1. The molecule has 2 N–H and O–H groups in total. The first kappa shape index (κ1) is 13.8. The van der Waals surface area contributed by atoms with Crippen LogP contribution in [0.1, 0.15) is 45.4 Å². The lowest BCUT2D eigenvalue weighted by Crippen LogP contribution is -2.37. The first-order valence-corrected chi connectivity index (χ1v) is 6.23. The van der Waals surface area contributed by atoms with Crippen molar-refractivity contribution in [2.45, 2.75) is 57.5 Å². The smallest absolute Gasteiger partial charge is 0.223 e. The largest absolute Gasteiger partial charge is 0.340 e. The summed E-state index contributed by atoms with van der Waals surface area (Å²) < 4.78 is 0. The molecule has 3 atom stereocenters. The number of nitrogens with zero attached hydrogens (tertiary/aromatic N) is 1. The van der Waals surface area contributed by atoms with Crippen molar-refractivity contribution in [1.29, 1.82) is 0 Å². The molecule has 0 spiro atoms. The molecule has 1 heterocycles. The van der Waals surface area contributed by atoms with Gasteiger partial charge in [0.05, 0.1) is 0 Å². The highest BCUT2D eigenvalue weighted by Crippen LogP contribution is 2.28. The molecule has 16 heavy (non-hydrogen) atoms. The van der Waals surface area contributed by atoms with E-state index in [2.05, 4.69) is 6.92 Å². The Morgan fingerprint density at radius 3 is 2.56 bits per heavy atom. The van der Waals surface area contributed by atoms with Gasteiger partial charge in [-0.1, -0.05) is 6.42 Å². The molecule has 3 nitrogen and oxygen atoms in total. The summed E-state index contributed by atoms with van der Waals surface area (Å²) in [7, 11) is 0. The van der Waals surface area contributed by atoms with E-state index in [9.17, 15) is 4.79 Å². The van der Waals surface area contributed by atoms with E-state index in [1.165, 1.54) is 19.3 Å². The van der Waals surface area contributed by atoms with E-state index in [1.807, 2.05) is 4.90 Å². The van der Waals surface area contributed by atoms with Gasteiger partial charge >= 0.3 is 0 Å². The lowest BCUT2D eigenvalue weighted by molar-refractivity contribution is -0.132. The van der Waals surface area contributed by atoms with Crippen LogP contribution in [-0.2, 0) is 4.79 Å². The number of hydrogen-bond acceptors (Lipinski definition) is 2. The summed E-state index contributed by atoms with van der Waals surface area (Å²) in [6, 6.07) is 0.724. The number of carbonyl (C=O) groups excluding carboxylic acids is 1. The zero-order valence-corrected chi connectivity index (χ0v) is 10.8. The summed E-state index contributed by atoms with van der Waals surface area (Å²) in [5.74, 6) is 0.785. The van der Waals surface area contributed by atoms with E-state index in [1.54, 1.807) is 0 Å². The Hall–Kier alpha value is -0.280. The van der Waals surface area contributed by atoms with Crippen LogP contribution in [0.2, 0.25) is 0 Å². The van der Waals surface area contributed by atoms with E-state index >= 15 is 0 Å². The van der Waals surface area contributed by atoms with Gasteiger partial charge in [0.1, 0.15) is 0 Å². The Kier molecular flexibility index (Phi) is 5.06. The maximum absolute atomic E-state index is 12.0. The van der Waals surface area contributed by atoms with Gasteiger partial charge in [-0.05, 0) is 38.5 Å². The molecule has 1 saturated carbocycles. The predicted octanol–water partition coefficient (Wildman–Crippen LogP) is 1.94. The molecule has 0 aromatic heterocycles. The molecule has 1 saturated heterocycles. The van der Waals surface area contributed by atoms with Crippen LogP contribution in [0, 0.1) is 5.92 Å². The minimum absolute atomic E-state index is 0. The van der Waals surface area contributed by atoms with E-state index in [0.717, 1.165) is 19.4 Å². The highest BCUT2D eigenvalue weighted by atomic mass is 35.5. The van der Waals surface area contributed by atoms with E-state index in [4.69, 9.17) is 5.73 Å². The molecule has 94 valence electrons. The van der Waals surface area contributed by atoms with Gasteiger partial charge < -0.3 is 10.6 Å². The fraction of sp³-hybridized carbons (Fsp3) is 0.917. The summed E-state index contributed by atoms with van der Waals surface area (Å²) in [6.45, 7) is 3.11. The highest BCUT2D eigenvalue weighted by molar-refractivity contribution is 5.85. The van der Waals surface area contributed by atoms with Crippen LogP contribution in [0.25, 0.3) is 0 Å². The van der Waals surface area contributed by atoms with Gasteiger partial charge in [0.25, 0.3) is 0 Å². The van der Waals surface area contributed by atoms with Crippen LogP contribution in [0.5, 0.6) is 0 Å². The van der Waals surface area contributed by atoms with Crippen LogP contribution in [0.3, 0.4) is 0 Å². The summed E-state index contributed by atoms with van der Waals surface area (Å²) >= 11 is 0. The molecule has 4 heteroatoms. The van der Waals surface area contributed by atoms with Crippen molar-refractivity contribution in [1.82, 2.24) is 4.90 Å². The van der Waals surface area contributed by atoms with Crippen LogP contribution in [0.15, 0.2) is 0 Å². The molecule has 2 aliphatic rings. The van der Waals surface area contributed by atoms with Crippen molar-refractivity contribution in [2.75, 3.05) is 6.54 Å². The molecule has 0 bridgehead atoms. The monoisotopic (exact) mass is 246 g/mol. The number of rotatable bonds is 2. The topological polar surface area (TPSA) is 46.3 Å². The van der Waals surface area contributed by atoms with Gasteiger partial charge in [-0.25, -0.2) is 0 Å². The molecule has 2 fully saturated rings. The number of hydrogen-bond donors (Lipinski definition) is 1. The standard InChI is InChI=1S/C12H22N2O.ClH/c1-9-4-3-7-14(9)12(15)8-10-5-2-6-11(10)13;/h9-11H,2-8,13H2,1H3;1H/t9?,10-,11+;/m0./s1. The fourth-order valence-corrected chi connectivity index (χ4v) is 2.96. The third-order valence-electron chi connectivity index (χ3n) is 4.03. The molecule has 0 radical (unpaired) electrons. The minimum atomic E-state index is 0. The molecular formula is C12H23ClN2O. The molecular weight excluding hydrogens is 224 g/mol. The molecule has 0 aromatic carbocycles. The lowest BCUT2D eigenvalue weighted by atomic mass is 9.99. The average molecular weight is 247 g/mol. The van der Waals surface area contributed by atoms with Crippen LogP contribution >= 0.6 is 12.4 Å². The van der Waals surface area contributed by atoms with E-state index in [0.29, 0.717) is 24.3 Å². The zero-order valence-electron chi connectivity index (χ0n) is 10.0. The highest BCUT2D eigenvalue weighted by Gasteiger charge is 2.30. The third kappa shape index (κ3) is 2.89. The van der Waals surface area contributed by atoms with Crippen molar-refractivity contribution in [3.8, 4) is 0 Å². The summed E-state index contributed by atoms with van der Waals surface area (Å²) in [6.07, 6.45) is 6.48. The van der Waals surface area contributed by atoms with Crippen LogP contribution in [-0.4, -0.2) is 29.4 Å². The first-order valence-electron chi connectivity index (χ1n) is 6.23. The van der Waals surface area contributed by atoms with Crippen molar-refractivity contribution in [3.63, 3.8) is 0 Å². The molecule has 1 aliphatic carbocycles. The van der Waals surface area contributed by atoms with Gasteiger partial charge in [0, 0.05) is 25.0 Å². The van der Waals surface area contributed by atoms with Gasteiger partial charge in [0.2, 0.25) is 5.91 Å². The number of amides is 1. The third-order valence-corrected chi connectivity index (χ3v) is 4.03. The van der Waals surface area contributed by atoms with Crippen LogP contribution < -0.4 is 5.73 Å². The Labute approximate surface area is 104 Å².